The molecular weight excluding hydrogens is 359 g/mol. The van der Waals surface area contributed by atoms with Crippen LogP contribution in [0.15, 0.2) is 79.7 Å². The van der Waals surface area contributed by atoms with Gasteiger partial charge in [0.2, 0.25) is 0 Å². The molecule has 2 nitrogen and oxygen atoms in total. The van der Waals surface area contributed by atoms with Gasteiger partial charge in [-0.25, -0.2) is 14.4 Å². The lowest BCUT2D eigenvalue weighted by Crippen LogP contribution is -1.91. The third kappa shape index (κ3) is 6.21. The van der Waals surface area contributed by atoms with E-state index in [9.17, 15) is 4.39 Å². The minimum atomic E-state index is -0.728. The fourth-order valence-electron chi connectivity index (χ4n) is 3.12. The Bertz CT molecular complexity index is 924. The number of alkyl halides is 1. The number of nitrogens with zero attached hydrogens (tertiary/aromatic N) is 2. The monoisotopic (exact) mass is 386 g/mol. The quantitative estimate of drug-likeness (QED) is 0.290. The summed E-state index contributed by atoms with van der Waals surface area (Å²) in [6.45, 7) is 5.38. The molecule has 0 bridgehead atoms. The Labute approximate surface area is 172 Å². The van der Waals surface area contributed by atoms with Gasteiger partial charge in [0.1, 0.15) is 0 Å². The summed E-state index contributed by atoms with van der Waals surface area (Å²) in [5, 5.41) is 0. The maximum Gasteiger partial charge on any atom is 0.159 e. The van der Waals surface area contributed by atoms with E-state index in [0.717, 1.165) is 30.4 Å². The number of hydrogen-bond acceptors (Lipinski definition) is 2. The smallest absolute Gasteiger partial charge is 0.159 e. The van der Waals surface area contributed by atoms with Crippen molar-refractivity contribution in [3.05, 3.63) is 90.8 Å². The standard InChI is InChI=1S/C26H27FN2/c1-3-7-21-10-12-23(13-11-21)24-14-16-25(17-15-24)26-28-18-22(19-29-26)9-6-4-5-8-20(2)27/h3,6,9-20H,1,4-5,7-8H2,2H3/b9-6+. The second-order valence-electron chi connectivity index (χ2n) is 7.22. The van der Waals surface area contributed by atoms with Crippen molar-refractivity contribution in [1.82, 2.24) is 9.97 Å². The fraction of sp³-hybridized carbons (Fsp3) is 0.231. The highest BCUT2D eigenvalue weighted by Crippen LogP contribution is 2.23. The molecule has 0 saturated heterocycles. The van der Waals surface area contributed by atoms with Crippen LogP contribution in [0, 0.1) is 0 Å². The Hall–Kier alpha value is -3.07. The van der Waals surface area contributed by atoms with Gasteiger partial charge in [-0.2, -0.15) is 0 Å². The first-order chi connectivity index (χ1) is 14.2. The molecule has 3 heteroatoms. The first-order valence-electron chi connectivity index (χ1n) is 10.1. The van der Waals surface area contributed by atoms with Crippen LogP contribution in [-0.2, 0) is 6.42 Å². The molecule has 0 spiro atoms. The van der Waals surface area contributed by atoms with Gasteiger partial charge in [0.15, 0.2) is 5.82 Å². The third-order valence-corrected chi connectivity index (χ3v) is 4.77. The van der Waals surface area contributed by atoms with E-state index in [1.165, 1.54) is 16.7 Å². The Kier molecular flexibility index (Phi) is 7.46. The Morgan fingerprint density at radius 3 is 2.10 bits per heavy atom. The highest BCUT2D eigenvalue weighted by molar-refractivity contribution is 5.68. The molecule has 2 aromatic carbocycles. The van der Waals surface area contributed by atoms with Crippen LogP contribution in [0.2, 0.25) is 0 Å². The third-order valence-electron chi connectivity index (χ3n) is 4.77. The van der Waals surface area contributed by atoms with Gasteiger partial charge in [0.05, 0.1) is 6.17 Å². The van der Waals surface area contributed by atoms with Crippen molar-refractivity contribution in [2.75, 3.05) is 0 Å². The van der Waals surface area contributed by atoms with E-state index >= 15 is 0 Å². The number of benzene rings is 2. The maximum atomic E-state index is 12.8. The minimum Gasteiger partial charge on any atom is -0.248 e. The van der Waals surface area contributed by atoms with Crippen molar-refractivity contribution >= 4 is 6.08 Å². The van der Waals surface area contributed by atoms with Crippen molar-refractivity contribution < 1.29 is 4.39 Å². The summed E-state index contributed by atoms with van der Waals surface area (Å²) in [5.41, 5.74) is 5.57. The topological polar surface area (TPSA) is 25.8 Å². The average Bonchev–Trinajstić information content (AvgIpc) is 2.75. The van der Waals surface area contributed by atoms with E-state index in [-0.39, 0.29) is 0 Å². The van der Waals surface area contributed by atoms with Gasteiger partial charge >= 0.3 is 0 Å². The van der Waals surface area contributed by atoms with Gasteiger partial charge in [-0.05, 0) is 49.3 Å². The highest BCUT2D eigenvalue weighted by atomic mass is 19.1. The molecule has 29 heavy (non-hydrogen) atoms. The molecule has 3 aromatic rings. The van der Waals surface area contributed by atoms with E-state index in [4.69, 9.17) is 0 Å². The predicted octanol–water partition coefficient (Wildman–Crippen LogP) is 7.08. The maximum absolute atomic E-state index is 12.8. The normalized spacial score (nSPS) is 12.2. The van der Waals surface area contributed by atoms with Crippen LogP contribution in [0.5, 0.6) is 0 Å². The van der Waals surface area contributed by atoms with E-state index in [1.54, 1.807) is 6.92 Å². The predicted molar refractivity (Wildman–Crippen MR) is 120 cm³/mol. The lowest BCUT2D eigenvalue weighted by molar-refractivity contribution is 0.335. The molecule has 0 aliphatic carbocycles. The SMILES string of the molecule is C=CCc1ccc(-c2ccc(-c3ncc(/C=C/CCCC(C)F)cn3)cc2)cc1. The highest BCUT2D eigenvalue weighted by Gasteiger charge is 2.03. The summed E-state index contributed by atoms with van der Waals surface area (Å²) >= 11 is 0. The summed E-state index contributed by atoms with van der Waals surface area (Å²) in [7, 11) is 0. The Balaban J connectivity index is 1.62. The van der Waals surface area contributed by atoms with Crippen molar-refractivity contribution in [2.45, 2.75) is 38.8 Å². The van der Waals surface area contributed by atoms with Gasteiger partial charge in [0.25, 0.3) is 0 Å². The van der Waals surface area contributed by atoms with Crippen LogP contribution in [0.25, 0.3) is 28.6 Å². The zero-order valence-electron chi connectivity index (χ0n) is 16.9. The van der Waals surface area contributed by atoms with E-state index in [0.29, 0.717) is 12.2 Å². The van der Waals surface area contributed by atoms with Crippen molar-refractivity contribution in [3.8, 4) is 22.5 Å². The molecule has 0 saturated carbocycles. The minimum absolute atomic E-state index is 0.606. The average molecular weight is 387 g/mol. The van der Waals surface area contributed by atoms with Gasteiger partial charge in [-0.15, -0.1) is 6.58 Å². The van der Waals surface area contributed by atoms with Crippen LogP contribution in [0.4, 0.5) is 4.39 Å². The molecule has 0 fully saturated rings. The molecule has 1 aromatic heterocycles. The molecule has 148 valence electrons. The first kappa shape index (κ1) is 20.7. The van der Waals surface area contributed by atoms with Gasteiger partial charge in [-0.3, -0.25) is 0 Å². The Morgan fingerprint density at radius 2 is 1.52 bits per heavy atom. The summed E-state index contributed by atoms with van der Waals surface area (Å²) < 4.78 is 12.8. The number of allylic oxidation sites excluding steroid dienone is 2. The summed E-state index contributed by atoms with van der Waals surface area (Å²) in [6.07, 6.45) is 12.1. The number of aromatic nitrogens is 2. The molecule has 0 N–H and O–H groups in total. The summed E-state index contributed by atoms with van der Waals surface area (Å²) in [6, 6.07) is 16.9. The van der Waals surface area contributed by atoms with Crippen molar-refractivity contribution in [1.29, 1.82) is 0 Å². The van der Waals surface area contributed by atoms with E-state index in [1.807, 2.05) is 24.5 Å². The van der Waals surface area contributed by atoms with Crippen LogP contribution in [0.1, 0.15) is 37.3 Å². The van der Waals surface area contributed by atoms with Gasteiger partial charge < -0.3 is 0 Å². The molecule has 0 aliphatic rings. The van der Waals surface area contributed by atoms with Crippen LogP contribution < -0.4 is 0 Å². The number of hydrogen-bond donors (Lipinski definition) is 0. The van der Waals surface area contributed by atoms with Crippen LogP contribution >= 0.6 is 0 Å². The number of rotatable bonds is 9. The molecule has 1 atom stereocenters. The zero-order valence-corrected chi connectivity index (χ0v) is 16.9. The molecule has 3 rings (SSSR count). The zero-order chi connectivity index (χ0) is 20.5. The molecule has 1 heterocycles. The van der Waals surface area contributed by atoms with Crippen molar-refractivity contribution in [2.24, 2.45) is 0 Å². The fourth-order valence-corrected chi connectivity index (χ4v) is 3.12. The van der Waals surface area contributed by atoms with Crippen molar-refractivity contribution in [3.63, 3.8) is 0 Å². The first-order valence-corrected chi connectivity index (χ1v) is 10.1. The van der Waals surface area contributed by atoms with E-state index < -0.39 is 6.17 Å². The lowest BCUT2D eigenvalue weighted by Gasteiger charge is -2.05. The van der Waals surface area contributed by atoms with Crippen LogP contribution in [0.3, 0.4) is 0 Å². The van der Waals surface area contributed by atoms with E-state index in [2.05, 4.69) is 71.2 Å². The molecule has 1 unspecified atom stereocenters. The summed E-state index contributed by atoms with van der Waals surface area (Å²) in [4.78, 5) is 8.96. The lowest BCUT2D eigenvalue weighted by atomic mass is 10.0. The molecule has 0 amide bonds. The van der Waals surface area contributed by atoms with Gasteiger partial charge in [0, 0.05) is 23.5 Å². The number of unbranched alkanes of at least 4 members (excludes halogenated alkanes) is 1. The summed E-state index contributed by atoms with van der Waals surface area (Å²) in [5.74, 6) is 0.710. The molecule has 0 aliphatic heterocycles. The second-order valence-corrected chi connectivity index (χ2v) is 7.22. The molecular formula is C26H27FN2. The largest absolute Gasteiger partial charge is 0.248 e. The Morgan fingerprint density at radius 1 is 0.931 bits per heavy atom. The van der Waals surface area contributed by atoms with Crippen LogP contribution in [-0.4, -0.2) is 16.1 Å². The second kappa shape index (κ2) is 10.5. The number of halogens is 1. The molecule has 0 radical (unpaired) electrons. The van der Waals surface area contributed by atoms with Gasteiger partial charge in [-0.1, -0.05) is 66.8 Å².